The van der Waals surface area contributed by atoms with Crippen molar-refractivity contribution in [3.05, 3.63) is 77.7 Å². The molecule has 3 aromatic rings. The van der Waals surface area contributed by atoms with Crippen LogP contribution in [0.5, 0.6) is 5.75 Å². The van der Waals surface area contributed by atoms with E-state index in [0.29, 0.717) is 22.7 Å². The van der Waals surface area contributed by atoms with Gasteiger partial charge in [0.1, 0.15) is 5.75 Å². The number of nitrogens with one attached hydrogen (secondary N) is 2. The molecular formula is C23H24N2O4. The number of ether oxygens (including phenoxy) is 1. The van der Waals surface area contributed by atoms with Gasteiger partial charge < -0.3 is 19.8 Å². The lowest BCUT2D eigenvalue weighted by molar-refractivity contribution is 0.0995. The monoisotopic (exact) mass is 392 g/mol. The summed E-state index contributed by atoms with van der Waals surface area (Å²) in [5.41, 5.74) is 2.54. The maximum atomic E-state index is 12.7. The van der Waals surface area contributed by atoms with E-state index in [1.807, 2.05) is 32.9 Å². The van der Waals surface area contributed by atoms with Crippen molar-refractivity contribution in [1.82, 2.24) is 0 Å². The largest absolute Gasteiger partial charge is 0.491 e. The fourth-order valence-electron chi connectivity index (χ4n) is 2.66. The van der Waals surface area contributed by atoms with Gasteiger partial charge >= 0.3 is 0 Å². The second-order valence-electron chi connectivity index (χ2n) is 6.78. The van der Waals surface area contributed by atoms with E-state index in [-0.39, 0.29) is 23.7 Å². The van der Waals surface area contributed by atoms with Gasteiger partial charge in [-0.3, -0.25) is 9.59 Å². The number of carbonyl (C=O) groups is 2. The van der Waals surface area contributed by atoms with Crippen LogP contribution in [0.4, 0.5) is 11.4 Å². The van der Waals surface area contributed by atoms with Gasteiger partial charge in [0.2, 0.25) is 0 Å². The Hall–Kier alpha value is -3.54. The molecule has 6 nitrogen and oxygen atoms in total. The average Bonchev–Trinajstić information content (AvgIpc) is 3.25. The van der Waals surface area contributed by atoms with E-state index < -0.39 is 0 Å². The van der Waals surface area contributed by atoms with Crippen LogP contribution < -0.4 is 15.4 Å². The van der Waals surface area contributed by atoms with Crippen LogP contribution in [0, 0.1) is 6.92 Å². The Balaban J connectivity index is 1.73. The molecular weight excluding hydrogens is 368 g/mol. The van der Waals surface area contributed by atoms with Gasteiger partial charge in [-0.1, -0.05) is 19.1 Å². The van der Waals surface area contributed by atoms with Crippen LogP contribution in [0.15, 0.2) is 65.3 Å². The fourth-order valence-corrected chi connectivity index (χ4v) is 2.66. The summed E-state index contributed by atoms with van der Waals surface area (Å²) in [4.78, 5) is 24.9. The van der Waals surface area contributed by atoms with Crippen molar-refractivity contribution < 1.29 is 18.7 Å². The van der Waals surface area contributed by atoms with E-state index in [1.54, 1.807) is 42.5 Å². The highest BCUT2D eigenvalue weighted by molar-refractivity contribution is 6.06. The third kappa shape index (κ3) is 5.25. The first-order valence-electron chi connectivity index (χ1n) is 9.50. The zero-order valence-corrected chi connectivity index (χ0v) is 16.7. The number of furan rings is 1. The van der Waals surface area contributed by atoms with Gasteiger partial charge in [-0.2, -0.15) is 0 Å². The van der Waals surface area contributed by atoms with Gasteiger partial charge in [-0.25, -0.2) is 0 Å². The predicted octanol–water partition coefficient (Wildman–Crippen LogP) is 5.27. The summed E-state index contributed by atoms with van der Waals surface area (Å²) in [6, 6.07) is 15.6. The lowest BCUT2D eigenvalue weighted by Gasteiger charge is -2.14. The van der Waals surface area contributed by atoms with Crippen molar-refractivity contribution in [2.75, 3.05) is 10.6 Å². The number of rotatable bonds is 7. The van der Waals surface area contributed by atoms with Crippen molar-refractivity contribution in [1.29, 1.82) is 0 Å². The summed E-state index contributed by atoms with van der Waals surface area (Å²) in [6.45, 7) is 5.91. The first-order valence-corrected chi connectivity index (χ1v) is 9.50. The summed E-state index contributed by atoms with van der Waals surface area (Å²) in [6.07, 6.45) is 2.39. The molecule has 29 heavy (non-hydrogen) atoms. The van der Waals surface area contributed by atoms with Gasteiger partial charge in [0.15, 0.2) is 5.76 Å². The molecule has 1 aromatic heterocycles. The van der Waals surface area contributed by atoms with Crippen molar-refractivity contribution in [2.24, 2.45) is 0 Å². The summed E-state index contributed by atoms with van der Waals surface area (Å²) in [7, 11) is 0. The molecule has 0 saturated heterocycles. The van der Waals surface area contributed by atoms with E-state index in [4.69, 9.17) is 9.15 Å². The lowest BCUT2D eigenvalue weighted by Crippen LogP contribution is -2.15. The Kier molecular flexibility index (Phi) is 6.34. The zero-order chi connectivity index (χ0) is 20.8. The topological polar surface area (TPSA) is 80.6 Å². The fraction of sp³-hybridized carbons (Fsp3) is 0.217. The number of hydrogen-bond acceptors (Lipinski definition) is 4. The van der Waals surface area contributed by atoms with E-state index in [1.165, 1.54) is 6.26 Å². The molecule has 150 valence electrons. The Morgan fingerprint density at radius 2 is 1.86 bits per heavy atom. The summed E-state index contributed by atoms with van der Waals surface area (Å²) in [5, 5.41) is 5.66. The zero-order valence-electron chi connectivity index (χ0n) is 16.7. The Bertz CT molecular complexity index is 996. The number of carbonyl (C=O) groups excluding carboxylic acids is 2. The van der Waals surface area contributed by atoms with Crippen molar-refractivity contribution in [3.8, 4) is 5.75 Å². The predicted molar refractivity (Wildman–Crippen MR) is 113 cm³/mol. The number of anilines is 2. The maximum Gasteiger partial charge on any atom is 0.291 e. The van der Waals surface area contributed by atoms with E-state index in [0.717, 1.165) is 12.0 Å². The number of aryl methyl sites for hydroxylation is 1. The van der Waals surface area contributed by atoms with Crippen LogP contribution in [-0.2, 0) is 0 Å². The van der Waals surface area contributed by atoms with Gasteiger partial charge in [-0.05, 0) is 68.3 Å². The highest BCUT2D eigenvalue weighted by Crippen LogP contribution is 2.23. The Labute approximate surface area is 169 Å². The van der Waals surface area contributed by atoms with Gasteiger partial charge in [0.25, 0.3) is 11.8 Å². The first-order chi connectivity index (χ1) is 14.0. The summed E-state index contributed by atoms with van der Waals surface area (Å²) >= 11 is 0. The van der Waals surface area contributed by atoms with E-state index in [9.17, 15) is 9.59 Å². The van der Waals surface area contributed by atoms with Gasteiger partial charge in [0.05, 0.1) is 12.4 Å². The second-order valence-corrected chi connectivity index (χ2v) is 6.78. The molecule has 6 heteroatoms. The quantitative estimate of drug-likeness (QED) is 0.574. The average molecular weight is 392 g/mol. The molecule has 2 aromatic carbocycles. The number of amides is 2. The third-order valence-electron chi connectivity index (χ3n) is 4.50. The van der Waals surface area contributed by atoms with Crippen molar-refractivity contribution >= 4 is 23.2 Å². The van der Waals surface area contributed by atoms with Gasteiger partial charge in [-0.15, -0.1) is 0 Å². The van der Waals surface area contributed by atoms with Crippen LogP contribution >= 0.6 is 0 Å². The minimum atomic E-state index is -0.356. The molecule has 1 atom stereocenters. The third-order valence-corrected chi connectivity index (χ3v) is 4.50. The van der Waals surface area contributed by atoms with Crippen molar-refractivity contribution in [2.45, 2.75) is 33.3 Å². The van der Waals surface area contributed by atoms with Crippen LogP contribution in [0.3, 0.4) is 0 Å². The highest BCUT2D eigenvalue weighted by atomic mass is 16.5. The molecule has 0 bridgehead atoms. The highest BCUT2D eigenvalue weighted by Gasteiger charge is 2.13. The molecule has 1 heterocycles. The molecule has 2 N–H and O–H groups in total. The SMILES string of the molecule is CC[C@@H](C)Oc1cccc(C(=O)Nc2cc(NC(=O)c3ccco3)ccc2C)c1. The lowest BCUT2D eigenvalue weighted by atomic mass is 10.1. The van der Waals surface area contributed by atoms with Crippen LogP contribution in [0.25, 0.3) is 0 Å². The standard InChI is InChI=1S/C23H24N2O4/c1-4-16(3)29-19-8-5-7-17(13-19)22(26)25-20-14-18(11-10-15(20)2)24-23(27)21-9-6-12-28-21/h5-14,16H,4H2,1-3H3,(H,24,27)(H,25,26)/t16-/m1/s1. The molecule has 3 rings (SSSR count). The smallest absolute Gasteiger partial charge is 0.291 e. The first kappa shape index (κ1) is 20.2. The maximum absolute atomic E-state index is 12.7. The molecule has 0 aliphatic heterocycles. The molecule has 0 saturated carbocycles. The minimum absolute atomic E-state index is 0.0741. The molecule has 0 fully saturated rings. The van der Waals surface area contributed by atoms with E-state index in [2.05, 4.69) is 10.6 Å². The molecule has 0 radical (unpaired) electrons. The van der Waals surface area contributed by atoms with E-state index >= 15 is 0 Å². The Morgan fingerprint density at radius 1 is 1.03 bits per heavy atom. The molecule has 0 aliphatic carbocycles. The van der Waals surface area contributed by atoms with Crippen molar-refractivity contribution in [3.63, 3.8) is 0 Å². The Morgan fingerprint density at radius 3 is 2.59 bits per heavy atom. The molecule has 0 spiro atoms. The second kappa shape index (κ2) is 9.10. The van der Waals surface area contributed by atoms with Gasteiger partial charge in [0, 0.05) is 16.9 Å². The van der Waals surface area contributed by atoms with Crippen LogP contribution in [0.2, 0.25) is 0 Å². The summed E-state index contributed by atoms with van der Waals surface area (Å²) in [5.74, 6) is 0.265. The van der Waals surface area contributed by atoms with Crippen LogP contribution in [-0.4, -0.2) is 17.9 Å². The normalized spacial score (nSPS) is 11.6. The molecule has 0 aliphatic rings. The minimum Gasteiger partial charge on any atom is -0.491 e. The van der Waals surface area contributed by atoms with Crippen LogP contribution in [0.1, 0.15) is 46.7 Å². The molecule has 2 amide bonds. The number of hydrogen-bond donors (Lipinski definition) is 2. The molecule has 0 unspecified atom stereocenters. The summed E-state index contributed by atoms with van der Waals surface area (Å²) < 4.78 is 10.9. The number of benzene rings is 2.